The molecule has 0 aromatic heterocycles. The van der Waals surface area contributed by atoms with Crippen molar-refractivity contribution in [2.75, 3.05) is 27.3 Å². The fraction of sp³-hybridized carbons (Fsp3) is 0.632. The molecule has 8 heteroatoms. The summed E-state index contributed by atoms with van der Waals surface area (Å²) in [4.78, 5) is 14.4. The maximum absolute atomic E-state index is 12.9. The van der Waals surface area contributed by atoms with Crippen molar-refractivity contribution in [2.45, 2.75) is 49.8 Å². The molecule has 2 aliphatic rings. The van der Waals surface area contributed by atoms with Gasteiger partial charge in [-0.15, -0.1) is 0 Å². The van der Waals surface area contributed by atoms with Gasteiger partial charge in [0.15, 0.2) is 6.10 Å². The van der Waals surface area contributed by atoms with E-state index in [4.69, 9.17) is 9.47 Å². The smallest absolute Gasteiger partial charge is 0.254 e. The second kappa shape index (κ2) is 7.77. The SMILES string of the molecule is COc1cccc(S(=O)(=O)N2CCC([C@H]3[C@@H](OC)C(=O)N3C(C)C)CC2)c1. The lowest BCUT2D eigenvalue weighted by Gasteiger charge is -2.53. The van der Waals surface area contributed by atoms with Gasteiger partial charge >= 0.3 is 0 Å². The van der Waals surface area contributed by atoms with Crippen LogP contribution < -0.4 is 4.74 Å². The third-order valence-corrected chi connectivity index (χ3v) is 7.49. The summed E-state index contributed by atoms with van der Waals surface area (Å²) in [5.41, 5.74) is 0. The van der Waals surface area contributed by atoms with Crippen LogP contribution in [-0.2, 0) is 19.6 Å². The number of nitrogens with zero attached hydrogens (tertiary/aromatic N) is 2. The average Bonchev–Trinajstić information content (AvgIpc) is 2.66. The lowest BCUT2D eigenvalue weighted by atomic mass is 9.79. The molecule has 0 N–H and O–H groups in total. The van der Waals surface area contributed by atoms with Gasteiger partial charge in [-0.25, -0.2) is 8.42 Å². The molecule has 1 aromatic carbocycles. The fourth-order valence-electron chi connectivity index (χ4n) is 4.19. The molecule has 0 spiro atoms. The lowest BCUT2D eigenvalue weighted by molar-refractivity contribution is -0.181. The molecule has 3 rings (SSSR count). The molecule has 1 aromatic rings. The number of amides is 1. The number of carbonyl (C=O) groups is 1. The number of carbonyl (C=O) groups excluding carboxylic acids is 1. The van der Waals surface area contributed by atoms with Gasteiger partial charge in [0, 0.05) is 32.3 Å². The number of hydrogen-bond acceptors (Lipinski definition) is 5. The van der Waals surface area contributed by atoms with E-state index in [-0.39, 0.29) is 28.8 Å². The van der Waals surface area contributed by atoms with Crippen LogP contribution in [0.15, 0.2) is 29.2 Å². The zero-order valence-electron chi connectivity index (χ0n) is 16.3. The van der Waals surface area contributed by atoms with E-state index in [0.717, 1.165) is 0 Å². The van der Waals surface area contributed by atoms with Gasteiger partial charge in [-0.1, -0.05) is 6.07 Å². The lowest BCUT2D eigenvalue weighted by Crippen LogP contribution is -2.70. The molecule has 2 saturated heterocycles. The van der Waals surface area contributed by atoms with E-state index in [1.807, 2.05) is 18.7 Å². The molecule has 2 fully saturated rings. The van der Waals surface area contributed by atoms with E-state index in [0.29, 0.717) is 31.7 Å². The Morgan fingerprint density at radius 3 is 2.37 bits per heavy atom. The van der Waals surface area contributed by atoms with Crippen LogP contribution >= 0.6 is 0 Å². The van der Waals surface area contributed by atoms with Crippen LogP contribution in [0.3, 0.4) is 0 Å². The summed E-state index contributed by atoms with van der Waals surface area (Å²) in [5.74, 6) is 0.796. The van der Waals surface area contributed by atoms with Gasteiger partial charge in [0.25, 0.3) is 5.91 Å². The zero-order valence-corrected chi connectivity index (χ0v) is 17.1. The van der Waals surface area contributed by atoms with Crippen LogP contribution in [0.5, 0.6) is 5.75 Å². The maximum atomic E-state index is 12.9. The first kappa shape index (κ1) is 20.1. The molecule has 0 saturated carbocycles. The van der Waals surface area contributed by atoms with Crippen molar-refractivity contribution in [1.82, 2.24) is 9.21 Å². The Morgan fingerprint density at radius 2 is 1.81 bits per heavy atom. The minimum atomic E-state index is -3.55. The van der Waals surface area contributed by atoms with E-state index in [1.54, 1.807) is 31.4 Å². The quantitative estimate of drug-likeness (QED) is 0.685. The van der Waals surface area contributed by atoms with Crippen molar-refractivity contribution in [3.05, 3.63) is 24.3 Å². The highest BCUT2D eigenvalue weighted by molar-refractivity contribution is 7.89. The molecule has 1 amide bonds. The molecule has 2 heterocycles. The third kappa shape index (κ3) is 3.58. The van der Waals surface area contributed by atoms with E-state index in [2.05, 4.69) is 0 Å². The predicted molar refractivity (Wildman–Crippen MR) is 101 cm³/mol. The number of hydrogen-bond donors (Lipinski definition) is 0. The maximum Gasteiger partial charge on any atom is 0.254 e. The highest BCUT2D eigenvalue weighted by Gasteiger charge is 2.52. The van der Waals surface area contributed by atoms with Crippen LogP contribution in [0.1, 0.15) is 26.7 Å². The molecule has 2 atom stereocenters. The van der Waals surface area contributed by atoms with Crippen molar-refractivity contribution in [3.8, 4) is 5.75 Å². The largest absolute Gasteiger partial charge is 0.497 e. The Balaban J connectivity index is 1.70. The Hall–Kier alpha value is -1.64. The predicted octanol–water partition coefficient (Wildman–Crippen LogP) is 1.73. The number of β-lactam (4-membered cyclic amide) rings is 1. The van der Waals surface area contributed by atoms with Crippen LogP contribution in [0, 0.1) is 5.92 Å². The normalized spacial score (nSPS) is 24.9. The Bertz CT molecular complexity index is 787. The standard InChI is InChI=1S/C19H28N2O5S/c1-13(2)21-17(18(26-4)19(21)22)14-8-10-20(11-9-14)27(23,24)16-7-5-6-15(12-16)25-3/h5-7,12-14,17-18H,8-11H2,1-4H3/t17-,18+/m0/s1. The molecule has 0 radical (unpaired) electrons. The van der Waals surface area contributed by atoms with Gasteiger partial charge < -0.3 is 14.4 Å². The van der Waals surface area contributed by atoms with Gasteiger partial charge in [-0.3, -0.25) is 4.79 Å². The van der Waals surface area contributed by atoms with Gasteiger partial charge in [0.05, 0.1) is 18.0 Å². The van der Waals surface area contributed by atoms with Crippen molar-refractivity contribution in [3.63, 3.8) is 0 Å². The molecule has 0 aliphatic carbocycles. The second-order valence-corrected chi connectivity index (χ2v) is 9.34. The molecule has 7 nitrogen and oxygen atoms in total. The van der Waals surface area contributed by atoms with Crippen LogP contribution in [0.25, 0.3) is 0 Å². The summed E-state index contributed by atoms with van der Waals surface area (Å²) >= 11 is 0. The van der Waals surface area contributed by atoms with Crippen molar-refractivity contribution in [1.29, 1.82) is 0 Å². The molecular formula is C19H28N2O5S. The Kier molecular flexibility index (Phi) is 5.79. The van der Waals surface area contributed by atoms with E-state index in [1.165, 1.54) is 11.4 Å². The summed E-state index contributed by atoms with van der Waals surface area (Å²) in [5, 5.41) is 0. The van der Waals surface area contributed by atoms with Crippen molar-refractivity contribution >= 4 is 15.9 Å². The summed E-state index contributed by atoms with van der Waals surface area (Å²) in [6.45, 7) is 4.88. The van der Waals surface area contributed by atoms with Gasteiger partial charge in [0.1, 0.15) is 5.75 Å². The summed E-state index contributed by atoms with van der Waals surface area (Å²) in [6, 6.07) is 6.70. The molecular weight excluding hydrogens is 368 g/mol. The third-order valence-electron chi connectivity index (χ3n) is 5.60. The van der Waals surface area contributed by atoms with Gasteiger partial charge in [0.2, 0.25) is 10.0 Å². The Morgan fingerprint density at radius 1 is 1.15 bits per heavy atom. The number of methoxy groups -OCH3 is 2. The number of rotatable bonds is 6. The molecule has 2 aliphatic heterocycles. The fourth-order valence-corrected chi connectivity index (χ4v) is 5.69. The summed E-state index contributed by atoms with van der Waals surface area (Å²) in [6.07, 6.45) is 1.02. The average molecular weight is 397 g/mol. The van der Waals surface area contributed by atoms with Crippen LogP contribution in [0.2, 0.25) is 0 Å². The van der Waals surface area contributed by atoms with Gasteiger partial charge in [-0.2, -0.15) is 4.31 Å². The minimum absolute atomic E-state index is 0.0314. The first-order chi connectivity index (χ1) is 12.8. The topological polar surface area (TPSA) is 76.1 Å². The minimum Gasteiger partial charge on any atom is -0.497 e. The van der Waals surface area contributed by atoms with E-state index in [9.17, 15) is 13.2 Å². The van der Waals surface area contributed by atoms with Crippen LogP contribution in [0.4, 0.5) is 0 Å². The second-order valence-electron chi connectivity index (χ2n) is 7.41. The molecule has 0 unspecified atom stereocenters. The molecule has 27 heavy (non-hydrogen) atoms. The van der Waals surface area contributed by atoms with Crippen molar-refractivity contribution < 1.29 is 22.7 Å². The number of likely N-dealkylation sites (tertiary alicyclic amines) is 1. The molecule has 0 bridgehead atoms. The monoisotopic (exact) mass is 396 g/mol. The number of sulfonamides is 1. The number of benzene rings is 1. The van der Waals surface area contributed by atoms with E-state index >= 15 is 0 Å². The van der Waals surface area contributed by atoms with Gasteiger partial charge in [-0.05, 0) is 44.7 Å². The number of ether oxygens (including phenoxy) is 2. The highest BCUT2D eigenvalue weighted by atomic mass is 32.2. The highest BCUT2D eigenvalue weighted by Crippen LogP contribution is 2.37. The van der Waals surface area contributed by atoms with E-state index < -0.39 is 16.1 Å². The first-order valence-corrected chi connectivity index (χ1v) is 10.7. The van der Waals surface area contributed by atoms with Crippen LogP contribution in [-0.4, -0.2) is 69.0 Å². The molecule has 150 valence electrons. The zero-order chi connectivity index (χ0) is 19.8. The number of piperidine rings is 1. The first-order valence-electron chi connectivity index (χ1n) is 9.30. The summed E-state index contributed by atoms with van der Waals surface area (Å²) < 4.78 is 38.0. The summed E-state index contributed by atoms with van der Waals surface area (Å²) in [7, 11) is -0.468. The Labute approximate surface area is 161 Å². The van der Waals surface area contributed by atoms with Crippen molar-refractivity contribution in [2.24, 2.45) is 5.92 Å².